The molecule has 2 rings (SSSR count). The number of rotatable bonds is 8. The van der Waals surface area contributed by atoms with Gasteiger partial charge in [0.25, 0.3) is 0 Å². The second-order valence-corrected chi connectivity index (χ2v) is 6.16. The van der Waals surface area contributed by atoms with Crippen LogP contribution >= 0.6 is 0 Å². The summed E-state index contributed by atoms with van der Waals surface area (Å²) < 4.78 is 11.1. The van der Waals surface area contributed by atoms with Crippen molar-refractivity contribution in [2.75, 3.05) is 13.2 Å². The van der Waals surface area contributed by atoms with E-state index < -0.39 is 6.10 Å². The molecule has 5 nitrogen and oxygen atoms in total. The van der Waals surface area contributed by atoms with Crippen LogP contribution in [0.3, 0.4) is 0 Å². The molecule has 1 aromatic heterocycles. The lowest BCUT2D eigenvalue weighted by atomic mass is 10.1. The van der Waals surface area contributed by atoms with Crippen LogP contribution in [0.15, 0.2) is 28.8 Å². The number of nitrogens with one attached hydrogen (secondary N) is 1. The summed E-state index contributed by atoms with van der Waals surface area (Å²) in [4.78, 5) is 0. The summed E-state index contributed by atoms with van der Waals surface area (Å²) >= 11 is 0. The van der Waals surface area contributed by atoms with Gasteiger partial charge in [-0.1, -0.05) is 37.2 Å². The first-order valence-electron chi connectivity index (χ1n) is 8.21. The normalized spacial score (nSPS) is 12.9. The summed E-state index contributed by atoms with van der Waals surface area (Å²) in [5, 5.41) is 17.1. The Morgan fingerprint density at radius 1 is 1.25 bits per heavy atom. The van der Waals surface area contributed by atoms with E-state index in [9.17, 15) is 5.11 Å². The molecule has 24 heavy (non-hydrogen) atoms. The molecule has 0 spiro atoms. The molecule has 0 aliphatic carbocycles. The maximum Gasteiger partial charge on any atom is 0.162 e. The first-order valence-corrected chi connectivity index (χ1v) is 8.21. The zero-order valence-corrected chi connectivity index (χ0v) is 14.7. The van der Waals surface area contributed by atoms with Crippen LogP contribution in [0.5, 0.6) is 5.75 Å². The quantitative estimate of drug-likeness (QED) is 0.778. The molecule has 0 aliphatic heterocycles. The molecule has 0 saturated carbocycles. The van der Waals surface area contributed by atoms with Gasteiger partial charge < -0.3 is 19.7 Å². The summed E-state index contributed by atoms with van der Waals surface area (Å²) in [5.74, 6) is 1.47. The van der Waals surface area contributed by atoms with Crippen LogP contribution < -0.4 is 10.1 Å². The molecule has 1 unspecified atom stereocenters. The first-order chi connectivity index (χ1) is 11.5. The minimum Gasteiger partial charge on any atom is -0.490 e. The highest BCUT2D eigenvalue weighted by atomic mass is 16.5. The summed E-state index contributed by atoms with van der Waals surface area (Å²) in [7, 11) is 0. The van der Waals surface area contributed by atoms with Gasteiger partial charge in [-0.05, 0) is 32.1 Å². The number of aliphatic hydroxyl groups is 1. The van der Waals surface area contributed by atoms with Gasteiger partial charge in [0, 0.05) is 23.7 Å². The van der Waals surface area contributed by atoms with Gasteiger partial charge in [-0.2, -0.15) is 0 Å². The lowest BCUT2D eigenvalue weighted by Crippen LogP contribution is -2.35. The fourth-order valence-electron chi connectivity index (χ4n) is 2.12. The molecule has 0 amide bonds. The highest BCUT2D eigenvalue weighted by Crippen LogP contribution is 2.22. The van der Waals surface area contributed by atoms with Crippen LogP contribution in [0.25, 0.3) is 12.2 Å². The average Bonchev–Trinajstić information content (AvgIpc) is 2.88. The van der Waals surface area contributed by atoms with E-state index in [1.165, 1.54) is 0 Å². The minimum atomic E-state index is -0.552. The van der Waals surface area contributed by atoms with Gasteiger partial charge in [-0.15, -0.1) is 0 Å². The Hall–Kier alpha value is -2.11. The van der Waals surface area contributed by atoms with Crippen molar-refractivity contribution in [2.24, 2.45) is 0 Å². The fraction of sp³-hybridized carbons (Fsp3) is 0.421. The van der Waals surface area contributed by atoms with E-state index in [-0.39, 0.29) is 6.61 Å². The van der Waals surface area contributed by atoms with Gasteiger partial charge >= 0.3 is 0 Å². The van der Waals surface area contributed by atoms with Crippen LogP contribution in [0.4, 0.5) is 0 Å². The van der Waals surface area contributed by atoms with Crippen molar-refractivity contribution in [1.29, 1.82) is 0 Å². The van der Waals surface area contributed by atoms with Crippen molar-refractivity contribution in [1.82, 2.24) is 10.5 Å². The van der Waals surface area contributed by atoms with E-state index in [2.05, 4.69) is 10.5 Å². The number of benzene rings is 1. The number of hydrogen-bond acceptors (Lipinski definition) is 5. The number of para-hydroxylation sites is 1. The molecule has 1 aromatic carbocycles. The highest BCUT2D eigenvalue weighted by Gasteiger charge is 2.08. The minimum absolute atomic E-state index is 0.241. The number of aryl methyl sites for hydroxylation is 1. The number of aliphatic hydroxyl groups excluding tert-OH is 1. The fourth-order valence-corrected chi connectivity index (χ4v) is 2.12. The predicted molar refractivity (Wildman–Crippen MR) is 96.0 cm³/mol. The Morgan fingerprint density at radius 3 is 2.67 bits per heavy atom. The van der Waals surface area contributed by atoms with Crippen molar-refractivity contribution in [3.63, 3.8) is 0 Å². The molecule has 130 valence electrons. The molecule has 1 heterocycles. The summed E-state index contributed by atoms with van der Waals surface area (Å²) in [5.41, 5.74) is 2.84. The lowest BCUT2D eigenvalue weighted by molar-refractivity contribution is 0.104. The van der Waals surface area contributed by atoms with Crippen LogP contribution in [0, 0.1) is 13.8 Å². The van der Waals surface area contributed by atoms with Crippen molar-refractivity contribution in [3.05, 3.63) is 46.8 Å². The summed E-state index contributed by atoms with van der Waals surface area (Å²) in [6.07, 6.45) is 3.26. The van der Waals surface area contributed by atoms with Crippen molar-refractivity contribution < 1.29 is 14.4 Å². The van der Waals surface area contributed by atoms with Gasteiger partial charge in [0.2, 0.25) is 0 Å². The van der Waals surface area contributed by atoms with Gasteiger partial charge in [-0.3, -0.25) is 0 Å². The monoisotopic (exact) mass is 330 g/mol. The van der Waals surface area contributed by atoms with Gasteiger partial charge in [0.15, 0.2) is 5.76 Å². The SMILES string of the molecule is Cc1noc(/C=C\c2ccccc2OCC(O)CNC(C)C)c1C. The van der Waals surface area contributed by atoms with Gasteiger partial charge in [-0.25, -0.2) is 0 Å². The van der Waals surface area contributed by atoms with Crippen LogP contribution in [-0.2, 0) is 0 Å². The van der Waals surface area contributed by atoms with Crippen molar-refractivity contribution in [2.45, 2.75) is 39.8 Å². The molecule has 1 atom stereocenters. The van der Waals surface area contributed by atoms with Crippen molar-refractivity contribution >= 4 is 12.2 Å². The predicted octanol–water partition coefficient (Wildman–Crippen LogP) is 3.20. The molecule has 0 bridgehead atoms. The molecule has 2 aromatic rings. The van der Waals surface area contributed by atoms with E-state index in [4.69, 9.17) is 9.26 Å². The third-order valence-electron chi connectivity index (χ3n) is 3.72. The Kier molecular flexibility index (Phi) is 6.58. The van der Waals surface area contributed by atoms with E-state index in [0.717, 1.165) is 28.3 Å². The molecule has 0 fully saturated rings. The Morgan fingerprint density at radius 2 is 2.00 bits per heavy atom. The second-order valence-electron chi connectivity index (χ2n) is 6.16. The first kappa shape index (κ1) is 18.2. The van der Waals surface area contributed by atoms with E-state index in [1.807, 2.05) is 64.1 Å². The van der Waals surface area contributed by atoms with Crippen molar-refractivity contribution in [3.8, 4) is 5.75 Å². The standard InChI is InChI=1S/C19H26N2O3/c1-13(2)20-11-17(22)12-23-19-8-6-5-7-16(19)9-10-18-14(3)15(4)21-24-18/h5-10,13,17,20,22H,11-12H2,1-4H3/b10-9-. The van der Waals surface area contributed by atoms with E-state index >= 15 is 0 Å². The smallest absolute Gasteiger partial charge is 0.162 e. The Balaban J connectivity index is 2.01. The molecule has 0 saturated heterocycles. The molecule has 2 N–H and O–H groups in total. The zero-order valence-electron chi connectivity index (χ0n) is 14.7. The van der Waals surface area contributed by atoms with Crippen LogP contribution in [-0.4, -0.2) is 35.6 Å². The number of nitrogens with zero attached hydrogens (tertiary/aromatic N) is 1. The summed E-state index contributed by atoms with van der Waals surface area (Å²) in [6, 6.07) is 8.05. The lowest BCUT2D eigenvalue weighted by Gasteiger charge is -2.16. The largest absolute Gasteiger partial charge is 0.490 e. The molecule has 0 aliphatic rings. The number of aromatic nitrogens is 1. The highest BCUT2D eigenvalue weighted by molar-refractivity contribution is 5.71. The summed E-state index contributed by atoms with van der Waals surface area (Å²) in [6.45, 7) is 8.73. The van der Waals surface area contributed by atoms with Crippen LogP contribution in [0.2, 0.25) is 0 Å². The van der Waals surface area contributed by atoms with E-state index in [1.54, 1.807) is 0 Å². The number of hydrogen-bond donors (Lipinski definition) is 2. The molecule has 0 radical (unpaired) electrons. The topological polar surface area (TPSA) is 67.5 Å². The Bertz CT molecular complexity index is 677. The van der Waals surface area contributed by atoms with E-state index in [0.29, 0.717) is 12.6 Å². The molecular weight excluding hydrogens is 304 g/mol. The maximum atomic E-state index is 9.97. The third kappa shape index (κ3) is 5.22. The number of ether oxygens (including phenoxy) is 1. The second kappa shape index (κ2) is 8.66. The zero-order chi connectivity index (χ0) is 17.5. The molecule has 5 heteroatoms. The Labute approximate surface area is 143 Å². The maximum absolute atomic E-state index is 9.97. The van der Waals surface area contributed by atoms with Gasteiger partial charge in [0.05, 0.1) is 5.69 Å². The molecular formula is C19H26N2O3. The average molecular weight is 330 g/mol. The van der Waals surface area contributed by atoms with Gasteiger partial charge in [0.1, 0.15) is 18.5 Å². The van der Waals surface area contributed by atoms with Crippen LogP contribution in [0.1, 0.15) is 36.4 Å². The third-order valence-corrected chi connectivity index (χ3v) is 3.72.